The van der Waals surface area contributed by atoms with Crippen LogP contribution >= 0.6 is 11.3 Å². The quantitative estimate of drug-likeness (QED) is 0.863. The van der Waals surface area contributed by atoms with Crippen molar-refractivity contribution < 1.29 is 9.59 Å². The number of carbonyl (C=O) groups is 2. The monoisotopic (exact) mass is 277 g/mol. The molecule has 1 aliphatic rings. The van der Waals surface area contributed by atoms with Crippen LogP contribution in [0.3, 0.4) is 0 Å². The molecule has 0 aromatic carbocycles. The first-order valence-electron chi connectivity index (χ1n) is 6.10. The van der Waals surface area contributed by atoms with Crippen LogP contribution in [-0.4, -0.2) is 18.4 Å². The Morgan fingerprint density at radius 3 is 2.84 bits per heavy atom. The van der Waals surface area contributed by atoms with E-state index in [2.05, 4.69) is 16.7 Å². The predicted octanol–water partition coefficient (Wildman–Crippen LogP) is 1.70. The van der Waals surface area contributed by atoms with Gasteiger partial charge in [-0.3, -0.25) is 9.59 Å². The number of carbonyl (C=O) groups excluding carboxylic acids is 2. The van der Waals surface area contributed by atoms with Crippen molar-refractivity contribution in [1.29, 1.82) is 5.26 Å². The van der Waals surface area contributed by atoms with Gasteiger partial charge in [0.1, 0.15) is 11.1 Å². The van der Waals surface area contributed by atoms with E-state index in [9.17, 15) is 9.59 Å². The van der Waals surface area contributed by atoms with E-state index in [0.29, 0.717) is 30.0 Å². The van der Waals surface area contributed by atoms with Crippen LogP contribution in [0.25, 0.3) is 0 Å². The number of piperidine rings is 1. The van der Waals surface area contributed by atoms with Crippen molar-refractivity contribution in [2.75, 3.05) is 11.9 Å². The molecule has 0 spiro atoms. The lowest BCUT2D eigenvalue weighted by molar-refractivity contribution is -0.126. The zero-order chi connectivity index (χ0) is 14.0. The van der Waals surface area contributed by atoms with Crippen molar-refractivity contribution >= 4 is 28.2 Å². The summed E-state index contributed by atoms with van der Waals surface area (Å²) in [4.78, 5) is 24.2. The summed E-state index contributed by atoms with van der Waals surface area (Å²) in [6.45, 7) is 4.17. The number of thiophene rings is 1. The van der Waals surface area contributed by atoms with E-state index in [1.807, 2.05) is 13.8 Å². The number of nitriles is 1. The Hall–Kier alpha value is -1.87. The van der Waals surface area contributed by atoms with Gasteiger partial charge in [0.05, 0.1) is 11.5 Å². The molecule has 100 valence electrons. The number of anilines is 1. The van der Waals surface area contributed by atoms with Gasteiger partial charge < -0.3 is 10.6 Å². The molecule has 1 unspecified atom stereocenters. The van der Waals surface area contributed by atoms with Crippen LogP contribution in [0.2, 0.25) is 0 Å². The molecule has 6 heteroatoms. The molecule has 2 N–H and O–H groups in total. The lowest BCUT2D eigenvalue weighted by Gasteiger charge is -2.21. The normalized spacial score (nSPS) is 18.6. The average Bonchev–Trinajstić information content (AvgIpc) is 2.65. The maximum atomic E-state index is 12.1. The van der Waals surface area contributed by atoms with E-state index >= 15 is 0 Å². The van der Waals surface area contributed by atoms with Crippen molar-refractivity contribution in [3.05, 3.63) is 16.0 Å². The highest BCUT2D eigenvalue weighted by Gasteiger charge is 2.25. The second-order valence-electron chi connectivity index (χ2n) is 4.63. The minimum Gasteiger partial charge on any atom is -0.355 e. The Morgan fingerprint density at radius 2 is 2.26 bits per heavy atom. The van der Waals surface area contributed by atoms with Gasteiger partial charge in [-0.1, -0.05) is 0 Å². The summed E-state index contributed by atoms with van der Waals surface area (Å²) in [5.41, 5.74) is 1.45. The van der Waals surface area contributed by atoms with E-state index < -0.39 is 0 Å². The van der Waals surface area contributed by atoms with Gasteiger partial charge in [0.15, 0.2) is 0 Å². The topological polar surface area (TPSA) is 82.0 Å². The molecule has 2 heterocycles. The highest BCUT2D eigenvalue weighted by atomic mass is 32.1. The summed E-state index contributed by atoms with van der Waals surface area (Å²) in [6, 6.07) is 2.13. The third-order valence-corrected chi connectivity index (χ3v) is 4.49. The van der Waals surface area contributed by atoms with Crippen molar-refractivity contribution in [3.63, 3.8) is 0 Å². The number of amides is 2. The first-order valence-corrected chi connectivity index (χ1v) is 6.92. The molecule has 1 aliphatic heterocycles. The van der Waals surface area contributed by atoms with E-state index in [0.717, 1.165) is 10.4 Å². The predicted molar refractivity (Wildman–Crippen MR) is 72.9 cm³/mol. The van der Waals surface area contributed by atoms with Crippen molar-refractivity contribution in [2.45, 2.75) is 26.7 Å². The van der Waals surface area contributed by atoms with Crippen LogP contribution in [0.15, 0.2) is 0 Å². The largest absolute Gasteiger partial charge is 0.355 e. The van der Waals surface area contributed by atoms with Gasteiger partial charge >= 0.3 is 0 Å². The Bertz CT molecular complexity index is 561. The molecular weight excluding hydrogens is 262 g/mol. The lowest BCUT2D eigenvalue weighted by atomic mass is 9.98. The molecule has 0 saturated carbocycles. The minimum absolute atomic E-state index is 0.00965. The highest BCUT2D eigenvalue weighted by molar-refractivity contribution is 7.16. The zero-order valence-electron chi connectivity index (χ0n) is 10.9. The Kier molecular flexibility index (Phi) is 3.86. The van der Waals surface area contributed by atoms with Gasteiger partial charge in [-0.15, -0.1) is 11.3 Å². The van der Waals surface area contributed by atoms with Gasteiger partial charge in [-0.05, 0) is 25.8 Å². The Morgan fingerprint density at radius 1 is 1.53 bits per heavy atom. The number of hydrogen-bond acceptors (Lipinski definition) is 4. The molecule has 0 bridgehead atoms. The fraction of sp³-hybridized carbons (Fsp3) is 0.462. The first kappa shape index (κ1) is 13.6. The van der Waals surface area contributed by atoms with Crippen LogP contribution < -0.4 is 10.6 Å². The Labute approximate surface area is 115 Å². The number of nitrogens with zero attached hydrogens (tertiary/aromatic N) is 1. The maximum absolute atomic E-state index is 12.1. The van der Waals surface area contributed by atoms with Crippen LogP contribution in [-0.2, 0) is 9.59 Å². The van der Waals surface area contributed by atoms with Crippen molar-refractivity contribution in [1.82, 2.24) is 5.32 Å². The van der Waals surface area contributed by atoms with Gasteiger partial charge in [0.25, 0.3) is 0 Å². The number of rotatable bonds is 2. The van der Waals surface area contributed by atoms with Crippen LogP contribution in [0.4, 0.5) is 5.00 Å². The molecule has 5 nitrogen and oxygen atoms in total. The smallest absolute Gasteiger partial charge is 0.229 e. The second-order valence-corrected chi connectivity index (χ2v) is 5.85. The number of hydrogen-bond donors (Lipinski definition) is 2. The van der Waals surface area contributed by atoms with E-state index in [-0.39, 0.29) is 17.7 Å². The third kappa shape index (κ3) is 2.76. The lowest BCUT2D eigenvalue weighted by Crippen LogP contribution is -2.40. The summed E-state index contributed by atoms with van der Waals surface area (Å²) in [6.07, 6.45) is 0.939. The average molecular weight is 277 g/mol. The van der Waals surface area contributed by atoms with Gasteiger partial charge in [-0.25, -0.2) is 0 Å². The van der Waals surface area contributed by atoms with Gasteiger partial charge in [-0.2, -0.15) is 5.26 Å². The first-order chi connectivity index (χ1) is 9.02. The van der Waals surface area contributed by atoms with Crippen LogP contribution in [0.1, 0.15) is 28.8 Å². The molecule has 0 radical (unpaired) electrons. The second kappa shape index (κ2) is 5.41. The molecule has 1 atom stereocenters. The van der Waals surface area contributed by atoms with E-state index in [4.69, 9.17) is 5.26 Å². The summed E-state index contributed by atoms with van der Waals surface area (Å²) in [5.74, 6) is -0.353. The standard InChI is InChI=1S/C13H15N3O2S/c1-7-8(2)19-13(10(7)5-14)16-12(18)9-3-4-11(17)15-6-9/h9H,3-4,6H2,1-2H3,(H,15,17)(H,16,18). The van der Waals surface area contributed by atoms with Gasteiger partial charge in [0, 0.05) is 17.8 Å². The summed E-state index contributed by atoms with van der Waals surface area (Å²) in [5, 5.41) is 15.2. The number of nitrogens with one attached hydrogen (secondary N) is 2. The van der Waals surface area contributed by atoms with E-state index in [1.54, 1.807) is 0 Å². The fourth-order valence-corrected chi connectivity index (χ4v) is 3.03. The molecule has 1 fully saturated rings. The maximum Gasteiger partial charge on any atom is 0.229 e. The van der Waals surface area contributed by atoms with E-state index in [1.165, 1.54) is 11.3 Å². The summed E-state index contributed by atoms with van der Waals surface area (Å²) < 4.78 is 0. The molecular formula is C13H15N3O2S. The molecule has 1 aromatic heterocycles. The van der Waals surface area contributed by atoms with Crippen LogP contribution in [0, 0.1) is 31.1 Å². The fourth-order valence-electron chi connectivity index (χ4n) is 2.02. The molecule has 19 heavy (non-hydrogen) atoms. The summed E-state index contributed by atoms with van der Waals surface area (Å²) in [7, 11) is 0. The molecule has 1 saturated heterocycles. The zero-order valence-corrected chi connectivity index (χ0v) is 11.7. The van der Waals surface area contributed by atoms with Crippen molar-refractivity contribution in [3.8, 4) is 6.07 Å². The Balaban J connectivity index is 2.09. The molecule has 1 aromatic rings. The minimum atomic E-state index is -0.216. The molecule has 0 aliphatic carbocycles. The third-order valence-electron chi connectivity index (χ3n) is 3.37. The van der Waals surface area contributed by atoms with Crippen LogP contribution in [0.5, 0.6) is 0 Å². The SMILES string of the molecule is Cc1sc(NC(=O)C2CCC(=O)NC2)c(C#N)c1C. The highest BCUT2D eigenvalue weighted by Crippen LogP contribution is 2.32. The molecule has 2 rings (SSSR count). The summed E-state index contributed by atoms with van der Waals surface area (Å²) >= 11 is 1.42. The van der Waals surface area contributed by atoms with Gasteiger partial charge in [0.2, 0.25) is 11.8 Å². The van der Waals surface area contributed by atoms with Crippen molar-refractivity contribution in [2.24, 2.45) is 5.92 Å². The molecule has 2 amide bonds. The number of aryl methyl sites for hydroxylation is 1.